The first-order chi connectivity index (χ1) is 6.07. The van der Waals surface area contributed by atoms with Gasteiger partial charge in [-0.1, -0.05) is 11.6 Å². The molecule has 0 aliphatic carbocycles. The third-order valence-corrected chi connectivity index (χ3v) is 1.72. The van der Waals surface area contributed by atoms with E-state index in [0.29, 0.717) is 0 Å². The van der Waals surface area contributed by atoms with Gasteiger partial charge in [0.15, 0.2) is 0 Å². The number of alkyl halides is 2. The van der Waals surface area contributed by atoms with E-state index >= 15 is 0 Å². The second-order valence-corrected chi connectivity index (χ2v) is 2.55. The third kappa shape index (κ3) is 1.68. The van der Waals surface area contributed by atoms with Crippen LogP contribution in [0.2, 0.25) is 5.15 Å². The number of hydrogen-bond donors (Lipinski definition) is 1. The van der Waals surface area contributed by atoms with E-state index in [-0.39, 0.29) is 5.56 Å². The van der Waals surface area contributed by atoms with Crippen molar-refractivity contribution in [1.29, 1.82) is 5.26 Å². The van der Waals surface area contributed by atoms with Crippen LogP contribution in [-0.4, -0.2) is 4.98 Å². The van der Waals surface area contributed by atoms with Gasteiger partial charge in [-0.2, -0.15) is 5.26 Å². The molecule has 0 spiro atoms. The van der Waals surface area contributed by atoms with Crippen LogP contribution in [0.5, 0.6) is 0 Å². The smallest absolute Gasteiger partial charge is 0.270 e. The lowest BCUT2D eigenvalue weighted by atomic mass is 10.2. The van der Waals surface area contributed by atoms with Crippen molar-refractivity contribution in [3.8, 4) is 6.07 Å². The average molecular weight is 205 g/mol. The maximum Gasteiger partial charge on any atom is 0.270 e. The van der Waals surface area contributed by atoms with Crippen LogP contribution in [0.3, 0.4) is 0 Å². The Morgan fingerprint density at radius 2 is 2.23 bits per heavy atom. The van der Waals surface area contributed by atoms with Gasteiger partial charge in [-0.05, 0) is 0 Å². The van der Waals surface area contributed by atoms with Crippen molar-refractivity contribution < 1.29 is 8.78 Å². The van der Waals surface area contributed by atoms with Crippen LogP contribution in [0.4, 0.5) is 8.78 Å². The molecule has 0 aliphatic rings. The van der Waals surface area contributed by atoms with E-state index in [2.05, 4.69) is 4.98 Å². The highest BCUT2D eigenvalue weighted by molar-refractivity contribution is 6.30. The summed E-state index contributed by atoms with van der Waals surface area (Å²) in [4.78, 5) is 13.3. The Morgan fingerprint density at radius 3 is 2.69 bits per heavy atom. The van der Waals surface area contributed by atoms with Crippen molar-refractivity contribution >= 4 is 11.6 Å². The lowest BCUT2D eigenvalue weighted by Gasteiger charge is -2.00. The van der Waals surface area contributed by atoms with Gasteiger partial charge in [-0.25, -0.2) is 8.78 Å². The van der Waals surface area contributed by atoms with Gasteiger partial charge in [0.2, 0.25) is 5.43 Å². The molecule has 1 N–H and O–H groups in total. The summed E-state index contributed by atoms with van der Waals surface area (Å²) < 4.78 is 24.4. The first-order valence-corrected chi connectivity index (χ1v) is 3.55. The summed E-state index contributed by atoms with van der Waals surface area (Å²) >= 11 is 5.31. The standard InChI is InChI=1S/C7H3ClF2N2O/c8-6-4(7(9)10)5(13)3(1-11)2-12-6/h2,7H,(H,12,13). The molecule has 0 aromatic carbocycles. The predicted molar refractivity (Wildman–Crippen MR) is 41.7 cm³/mol. The van der Waals surface area contributed by atoms with Crippen molar-refractivity contribution in [3.05, 3.63) is 32.7 Å². The summed E-state index contributed by atoms with van der Waals surface area (Å²) in [6.07, 6.45) is -1.99. The van der Waals surface area contributed by atoms with Gasteiger partial charge < -0.3 is 4.98 Å². The highest BCUT2D eigenvalue weighted by Gasteiger charge is 2.18. The Morgan fingerprint density at radius 1 is 1.62 bits per heavy atom. The summed E-state index contributed by atoms with van der Waals surface area (Å²) in [6.45, 7) is 0. The van der Waals surface area contributed by atoms with Crippen molar-refractivity contribution in [1.82, 2.24) is 4.98 Å². The molecule has 1 rings (SSSR count). The Hall–Kier alpha value is -1.41. The molecule has 68 valence electrons. The summed E-state index contributed by atoms with van der Waals surface area (Å²) in [5.41, 5.74) is -2.26. The number of halogens is 3. The largest absolute Gasteiger partial charge is 0.350 e. The van der Waals surface area contributed by atoms with E-state index < -0.39 is 22.6 Å². The number of nitriles is 1. The Balaban J connectivity index is 3.51. The molecular weight excluding hydrogens is 202 g/mol. The van der Waals surface area contributed by atoms with E-state index in [1.54, 1.807) is 0 Å². The van der Waals surface area contributed by atoms with Crippen LogP contribution >= 0.6 is 11.6 Å². The number of H-pyrrole nitrogens is 1. The SMILES string of the molecule is N#Cc1c[nH]c(Cl)c(C(F)F)c1=O. The lowest BCUT2D eigenvalue weighted by Crippen LogP contribution is -2.14. The number of aromatic nitrogens is 1. The molecule has 6 heteroatoms. The zero-order valence-corrected chi connectivity index (χ0v) is 6.90. The Bertz CT molecular complexity index is 421. The van der Waals surface area contributed by atoms with Crippen LogP contribution in [0, 0.1) is 11.3 Å². The molecule has 0 aliphatic heterocycles. The zero-order valence-electron chi connectivity index (χ0n) is 6.14. The number of nitrogens with one attached hydrogen (secondary N) is 1. The van der Waals surface area contributed by atoms with E-state index in [1.807, 2.05) is 0 Å². The lowest BCUT2D eigenvalue weighted by molar-refractivity contribution is 0.150. The molecule has 0 unspecified atom stereocenters. The van der Waals surface area contributed by atoms with Crippen molar-refractivity contribution in [2.45, 2.75) is 6.43 Å². The average Bonchev–Trinajstić information content (AvgIpc) is 2.04. The number of aromatic amines is 1. The molecule has 1 aromatic rings. The second kappa shape index (κ2) is 3.54. The van der Waals surface area contributed by atoms with E-state index in [4.69, 9.17) is 16.9 Å². The maximum absolute atomic E-state index is 12.2. The van der Waals surface area contributed by atoms with E-state index in [1.165, 1.54) is 6.07 Å². The van der Waals surface area contributed by atoms with Gasteiger partial charge in [0.1, 0.15) is 22.3 Å². The third-order valence-electron chi connectivity index (χ3n) is 1.41. The highest BCUT2D eigenvalue weighted by Crippen LogP contribution is 2.21. The molecule has 0 atom stereocenters. The molecular formula is C7H3ClF2N2O. The minimum Gasteiger partial charge on any atom is -0.350 e. The minimum absolute atomic E-state index is 0.375. The zero-order chi connectivity index (χ0) is 10.0. The van der Waals surface area contributed by atoms with Crippen LogP contribution in [0.25, 0.3) is 0 Å². The number of rotatable bonds is 1. The molecule has 1 aromatic heterocycles. The van der Waals surface area contributed by atoms with E-state index in [0.717, 1.165) is 6.20 Å². The molecule has 3 nitrogen and oxygen atoms in total. The molecule has 13 heavy (non-hydrogen) atoms. The first kappa shape index (κ1) is 9.68. The quantitative estimate of drug-likeness (QED) is 0.710. The molecule has 0 fully saturated rings. The molecule has 0 radical (unpaired) electrons. The van der Waals surface area contributed by atoms with Gasteiger partial charge in [0, 0.05) is 6.20 Å². The fraction of sp³-hybridized carbons (Fsp3) is 0.143. The second-order valence-electron chi connectivity index (χ2n) is 2.17. The number of nitrogens with zero attached hydrogens (tertiary/aromatic N) is 1. The first-order valence-electron chi connectivity index (χ1n) is 3.17. The van der Waals surface area contributed by atoms with Crippen molar-refractivity contribution in [3.63, 3.8) is 0 Å². The molecule has 0 saturated heterocycles. The Labute approximate surface area is 76.6 Å². The monoisotopic (exact) mass is 204 g/mol. The van der Waals surface area contributed by atoms with Gasteiger partial charge in [0.25, 0.3) is 6.43 Å². The van der Waals surface area contributed by atoms with E-state index in [9.17, 15) is 13.6 Å². The van der Waals surface area contributed by atoms with Crippen LogP contribution < -0.4 is 5.43 Å². The van der Waals surface area contributed by atoms with Crippen molar-refractivity contribution in [2.24, 2.45) is 0 Å². The number of pyridine rings is 1. The summed E-state index contributed by atoms with van der Waals surface area (Å²) in [5.74, 6) is 0. The summed E-state index contributed by atoms with van der Waals surface area (Å²) in [6, 6.07) is 1.48. The molecule has 0 bridgehead atoms. The van der Waals surface area contributed by atoms with Gasteiger partial charge in [-0.15, -0.1) is 0 Å². The molecule has 0 amide bonds. The topological polar surface area (TPSA) is 56.6 Å². The fourth-order valence-corrected chi connectivity index (χ4v) is 1.02. The van der Waals surface area contributed by atoms with Crippen LogP contribution in [-0.2, 0) is 0 Å². The predicted octanol–water partition coefficient (Wildman–Crippen LogP) is 1.84. The molecule has 1 heterocycles. The minimum atomic E-state index is -2.98. The van der Waals surface area contributed by atoms with Crippen molar-refractivity contribution in [2.75, 3.05) is 0 Å². The molecule has 0 saturated carbocycles. The van der Waals surface area contributed by atoms with Gasteiger partial charge >= 0.3 is 0 Å². The fourth-order valence-electron chi connectivity index (χ4n) is 0.802. The van der Waals surface area contributed by atoms with Gasteiger partial charge in [-0.3, -0.25) is 4.79 Å². The summed E-state index contributed by atoms with van der Waals surface area (Å²) in [7, 11) is 0. The summed E-state index contributed by atoms with van der Waals surface area (Å²) in [5, 5.41) is 7.93. The highest BCUT2D eigenvalue weighted by atomic mass is 35.5. The van der Waals surface area contributed by atoms with Gasteiger partial charge in [0.05, 0.1) is 0 Å². The maximum atomic E-state index is 12.2. The van der Waals surface area contributed by atoms with Crippen LogP contribution in [0.1, 0.15) is 17.6 Å². The number of hydrogen-bond acceptors (Lipinski definition) is 2. The van der Waals surface area contributed by atoms with Crippen LogP contribution in [0.15, 0.2) is 11.0 Å². The Kier molecular flexibility index (Phi) is 2.63. The normalized spacial score (nSPS) is 10.1.